The van der Waals surface area contributed by atoms with Crippen molar-refractivity contribution in [1.82, 2.24) is 0 Å². The number of aryl methyl sites for hydroxylation is 1. The predicted molar refractivity (Wildman–Crippen MR) is 88.4 cm³/mol. The highest BCUT2D eigenvalue weighted by molar-refractivity contribution is 6.33. The first-order valence-corrected chi connectivity index (χ1v) is 8.05. The van der Waals surface area contributed by atoms with Crippen molar-refractivity contribution in [2.75, 3.05) is 5.73 Å². The van der Waals surface area contributed by atoms with Crippen LogP contribution in [0.4, 0.5) is 5.82 Å². The molecule has 0 amide bonds. The van der Waals surface area contributed by atoms with Crippen molar-refractivity contribution in [3.63, 3.8) is 0 Å². The molecule has 0 saturated carbocycles. The first-order valence-electron chi connectivity index (χ1n) is 7.67. The molecule has 0 aliphatic heterocycles. The molecule has 0 bridgehead atoms. The van der Waals surface area contributed by atoms with Crippen LogP contribution in [0.2, 0.25) is 5.02 Å². The maximum Gasteiger partial charge on any atom is 0.289 e. The molecule has 2 aromatic rings. The van der Waals surface area contributed by atoms with Gasteiger partial charge in [0.2, 0.25) is 0 Å². The van der Waals surface area contributed by atoms with Crippen molar-refractivity contribution in [2.24, 2.45) is 5.92 Å². The van der Waals surface area contributed by atoms with Crippen LogP contribution in [0.15, 0.2) is 24.3 Å². The van der Waals surface area contributed by atoms with Crippen LogP contribution in [-0.2, 0) is 12.8 Å². The Bertz CT molecular complexity index is 762. The molecule has 1 aliphatic carbocycles. The molecule has 1 heterocycles. The fourth-order valence-electron chi connectivity index (χ4n) is 3.34. The Labute approximate surface area is 135 Å². The second-order valence-electron chi connectivity index (χ2n) is 5.85. The Morgan fingerprint density at radius 2 is 2.18 bits per heavy atom. The lowest BCUT2D eigenvalue weighted by Crippen LogP contribution is -2.27. The summed E-state index contributed by atoms with van der Waals surface area (Å²) >= 11 is 6.39. The van der Waals surface area contributed by atoms with Crippen molar-refractivity contribution >= 4 is 17.4 Å². The number of anilines is 1. The molecule has 0 radical (unpaired) electrons. The summed E-state index contributed by atoms with van der Waals surface area (Å²) in [6, 6.07) is 9.93. The van der Waals surface area contributed by atoms with E-state index in [-0.39, 0.29) is 0 Å². The van der Waals surface area contributed by atoms with Gasteiger partial charge in [-0.1, -0.05) is 43.1 Å². The fourth-order valence-corrected chi connectivity index (χ4v) is 3.57. The number of nitrogens with zero attached hydrogens (tertiary/aromatic N) is 1. The van der Waals surface area contributed by atoms with E-state index in [1.54, 1.807) is 0 Å². The van der Waals surface area contributed by atoms with E-state index >= 15 is 0 Å². The van der Waals surface area contributed by atoms with Gasteiger partial charge in [-0.15, -0.1) is 0 Å². The maximum atomic E-state index is 9.58. The summed E-state index contributed by atoms with van der Waals surface area (Å²) in [6.07, 6.45) is 4.25. The Hall–Kier alpha value is -2.05. The van der Waals surface area contributed by atoms with E-state index < -0.39 is 0 Å². The standard InChI is InChI=1S/C18H18ClN3/c1-2-11-7-8-16-13(9-11)17(14(10-20)18(21)22-16)12-5-3-4-6-15(12)19/h3-6,11H,2,7-9H2,1H3,(H2,21,22)/p+1/t11-/m1/s1. The normalized spacial score (nSPS) is 16.9. The highest BCUT2D eigenvalue weighted by Crippen LogP contribution is 2.39. The van der Waals surface area contributed by atoms with E-state index in [1.165, 1.54) is 5.56 Å². The number of nitriles is 1. The van der Waals surface area contributed by atoms with Gasteiger partial charge in [-0.25, -0.2) is 4.98 Å². The Kier molecular flexibility index (Phi) is 4.04. The number of aromatic nitrogens is 1. The Morgan fingerprint density at radius 3 is 2.86 bits per heavy atom. The van der Waals surface area contributed by atoms with Crippen molar-refractivity contribution < 1.29 is 4.98 Å². The third-order valence-corrected chi connectivity index (χ3v) is 4.93. The summed E-state index contributed by atoms with van der Waals surface area (Å²) in [5, 5.41) is 10.2. The van der Waals surface area contributed by atoms with Gasteiger partial charge in [0.1, 0.15) is 17.3 Å². The summed E-state index contributed by atoms with van der Waals surface area (Å²) in [5.74, 6) is 1.09. The minimum absolute atomic E-state index is 0.436. The van der Waals surface area contributed by atoms with Crippen LogP contribution in [0.3, 0.4) is 0 Å². The average molecular weight is 313 g/mol. The number of rotatable bonds is 2. The van der Waals surface area contributed by atoms with Crippen molar-refractivity contribution in [3.8, 4) is 17.2 Å². The number of hydrogen-bond acceptors (Lipinski definition) is 2. The first-order chi connectivity index (χ1) is 10.7. The number of hydrogen-bond donors (Lipinski definition) is 1. The Morgan fingerprint density at radius 1 is 1.41 bits per heavy atom. The SMILES string of the molecule is CC[C@@H]1CCc2[nH+]c(N)c(C#N)c(-c3ccccc3Cl)c2C1. The molecule has 22 heavy (non-hydrogen) atoms. The molecule has 1 aromatic carbocycles. The van der Waals surface area contributed by atoms with Gasteiger partial charge in [0, 0.05) is 28.1 Å². The molecule has 3 rings (SSSR count). The third kappa shape index (κ3) is 2.44. The molecule has 4 heteroatoms. The van der Waals surface area contributed by atoms with Gasteiger partial charge < -0.3 is 0 Å². The van der Waals surface area contributed by atoms with Gasteiger partial charge in [-0.2, -0.15) is 5.26 Å². The molecule has 0 fully saturated rings. The molecule has 1 aromatic heterocycles. The van der Waals surface area contributed by atoms with Gasteiger partial charge in [-0.3, -0.25) is 5.73 Å². The quantitative estimate of drug-likeness (QED) is 0.917. The number of halogens is 1. The van der Waals surface area contributed by atoms with Gasteiger partial charge >= 0.3 is 0 Å². The molecule has 1 aliphatic rings. The smallest absolute Gasteiger partial charge is 0.286 e. The third-order valence-electron chi connectivity index (χ3n) is 4.60. The number of aromatic amines is 1. The number of nitrogen functional groups attached to an aromatic ring is 1. The van der Waals surface area contributed by atoms with Crippen LogP contribution in [0.5, 0.6) is 0 Å². The van der Waals surface area contributed by atoms with E-state index in [0.717, 1.165) is 42.5 Å². The molecular formula is C18H19ClN3+. The van der Waals surface area contributed by atoms with Crippen molar-refractivity contribution in [3.05, 3.63) is 46.1 Å². The highest BCUT2D eigenvalue weighted by atomic mass is 35.5. The van der Waals surface area contributed by atoms with Crippen LogP contribution in [0.25, 0.3) is 11.1 Å². The summed E-state index contributed by atoms with van der Waals surface area (Å²) in [7, 11) is 0. The first kappa shape index (κ1) is 14.9. The number of pyridine rings is 1. The Balaban J connectivity index is 2.30. The molecule has 112 valence electrons. The topological polar surface area (TPSA) is 63.9 Å². The van der Waals surface area contributed by atoms with E-state index in [9.17, 15) is 5.26 Å². The largest absolute Gasteiger partial charge is 0.289 e. The maximum absolute atomic E-state index is 9.58. The summed E-state index contributed by atoms with van der Waals surface area (Å²) in [6.45, 7) is 2.22. The lowest BCUT2D eigenvalue weighted by Gasteiger charge is -2.25. The summed E-state index contributed by atoms with van der Waals surface area (Å²) < 4.78 is 0. The second kappa shape index (κ2) is 5.98. The van der Waals surface area contributed by atoms with Crippen molar-refractivity contribution in [2.45, 2.75) is 32.6 Å². The number of nitrogens with two attached hydrogens (primary N) is 1. The number of H-pyrrole nitrogens is 1. The zero-order valence-electron chi connectivity index (χ0n) is 12.6. The minimum atomic E-state index is 0.436. The van der Waals surface area contributed by atoms with Gasteiger partial charge in [0.25, 0.3) is 5.82 Å². The predicted octanol–water partition coefficient (Wildman–Crippen LogP) is 3.79. The minimum Gasteiger partial charge on any atom is -0.286 e. The van der Waals surface area contributed by atoms with E-state index in [2.05, 4.69) is 18.0 Å². The van der Waals surface area contributed by atoms with Gasteiger partial charge in [0.15, 0.2) is 0 Å². The lowest BCUT2D eigenvalue weighted by atomic mass is 9.80. The van der Waals surface area contributed by atoms with Gasteiger partial charge in [-0.05, 0) is 24.8 Å². The molecule has 3 nitrogen and oxygen atoms in total. The molecular weight excluding hydrogens is 294 g/mol. The summed E-state index contributed by atoms with van der Waals surface area (Å²) in [4.78, 5) is 3.23. The van der Waals surface area contributed by atoms with Crippen LogP contribution in [-0.4, -0.2) is 0 Å². The molecule has 3 N–H and O–H groups in total. The van der Waals surface area contributed by atoms with E-state index in [0.29, 0.717) is 22.3 Å². The lowest BCUT2D eigenvalue weighted by molar-refractivity contribution is -0.375. The molecule has 0 saturated heterocycles. The zero-order valence-corrected chi connectivity index (χ0v) is 13.4. The van der Waals surface area contributed by atoms with Crippen LogP contribution in [0.1, 0.15) is 36.6 Å². The average Bonchev–Trinajstić information content (AvgIpc) is 2.54. The second-order valence-corrected chi connectivity index (χ2v) is 6.26. The molecule has 0 spiro atoms. The fraction of sp³-hybridized carbons (Fsp3) is 0.333. The highest BCUT2D eigenvalue weighted by Gasteiger charge is 2.28. The summed E-state index contributed by atoms with van der Waals surface area (Å²) in [5.41, 5.74) is 10.8. The zero-order chi connectivity index (χ0) is 15.7. The van der Waals surface area contributed by atoms with Crippen LogP contribution >= 0.6 is 11.6 Å². The van der Waals surface area contributed by atoms with E-state index in [1.807, 2.05) is 24.3 Å². The van der Waals surface area contributed by atoms with Gasteiger partial charge in [0.05, 0.1) is 0 Å². The van der Waals surface area contributed by atoms with Crippen molar-refractivity contribution in [1.29, 1.82) is 5.26 Å². The monoisotopic (exact) mass is 312 g/mol. The van der Waals surface area contributed by atoms with E-state index in [4.69, 9.17) is 17.3 Å². The number of fused-ring (bicyclic) bond motifs is 1. The van der Waals surface area contributed by atoms with Crippen LogP contribution < -0.4 is 10.7 Å². The van der Waals surface area contributed by atoms with Crippen LogP contribution in [0, 0.1) is 17.2 Å². The molecule has 0 unspecified atom stereocenters. The molecule has 1 atom stereocenters. The number of benzene rings is 1. The number of nitrogens with one attached hydrogen (secondary N) is 1.